The van der Waals surface area contributed by atoms with E-state index in [0.717, 1.165) is 0 Å². The van der Waals surface area contributed by atoms with Crippen molar-refractivity contribution in [2.24, 2.45) is 5.92 Å². The van der Waals surface area contributed by atoms with Crippen LogP contribution in [0, 0.1) is 11.7 Å². The number of rotatable bonds is 6. The molecule has 5 heteroatoms. The van der Waals surface area contributed by atoms with Gasteiger partial charge in [-0.1, -0.05) is 26.0 Å². The van der Waals surface area contributed by atoms with E-state index in [-0.39, 0.29) is 5.92 Å². The van der Waals surface area contributed by atoms with Gasteiger partial charge < -0.3 is 10.4 Å². The molecular weight excluding hydrogens is 261 g/mol. The van der Waals surface area contributed by atoms with E-state index in [4.69, 9.17) is 5.11 Å². The molecule has 0 aliphatic heterocycles. The molecule has 4 nitrogen and oxygen atoms in total. The third kappa shape index (κ3) is 4.64. The van der Waals surface area contributed by atoms with Crippen molar-refractivity contribution in [2.45, 2.75) is 39.2 Å². The number of hydrogen-bond donors (Lipinski definition) is 2. The van der Waals surface area contributed by atoms with Gasteiger partial charge in [-0.05, 0) is 37.0 Å². The number of benzene rings is 1. The van der Waals surface area contributed by atoms with Gasteiger partial charge in [0.15, 0.2) is 0 Å². The first-order valence-electron chi connectivity index (χ1n) is 6.60. The van der Waals surface area contributed by atoms with E-state index in [2.05, 4.69) is 5.32 Å². The quantitative estimate of drug-likeness (QED) is 0.842. The molecule has 1 aromatic rings. The Morgan fingerprint density at radius 1 is 1.30 bits per heavy atom. The smallest absolute Gasteiger partial charge is 0.326 e. The van der Waals surface area contributed by atoms with Crippen molar-refractivity contribution in [3.63, 3.8) is 0 Å². The van der Waals surface area contributed by atoms with Crippen LogP contribution in [0.25, 0.3) is 0 Å². The SMILES string of the molecule is CC(C)C[C@H](NC(=O)C(C)c1cccc(F)c1)C(=O)O. The van der Waals surface area contributed by atoms with Crippen LogP contribution in [0.3, 0.4) is 0 Å². The summed E-state index contributed by atoms with van der Waals surface area (Å²) in [5.41, 5.74) is 0.524. The van der Waals surface area contributed by atoms with Crippen molar-refractivity contribution >= 4 is 11.9 Å². The lowest BCUT2D eigenvalue weighted by atomic mass is 9.98. The summed E-state index contributed by atoms with van der Waals surface area (Å²) in [4.78, 5) is 23.2. The number of amides is 1. The summed E-state index contributed by atoms with van der Waals surface area (Å²) in [6.07, 6.45) is 0.358. The lowest BCUT2D eigenvalue weighted by Gasteiger charge is -2.19. The summed E-state index contributed by atoms with van der Waals surface area (Å²) in [7, 11) is 0. The van der Waals surface area contributed by atoms with Crippen molar-refractivity contribution < 1.29 is 19.1 Å². The second-order valence-corrected chi connectivity index (χ2v) is 5.31. The molecule has 0 aliphatic rings. The Morgan fingerprint density at radius 2 is 1.95 bits per heavy atom. The maximum absolute atomic E-state index is 13.1. The van der Waals surface area contributed by atoms with Gasteiger partial charge in [-0.2, -0.15) is 0 Å². The van der Waals surface area contributed by atoms with Gasteiger partial charge in [0.2, 0.25) is 5.91 Å². The van der Waals surface area contributed by atoms with Crippen molar-refractivity contribution in [2.75, 3.05) is 0 Å². The molecule has 0 radical (unpaired) electrons. The molecular formula is C15H20FNO3. The van der Waals surface area contributed by atoms with E-state index in [1.54, 1.807) is 13.0 Å². The fourth-order valence-electron chi connectivity index (χ4n) is 1.92. The Balaban J connectivity index is 2.76. The topological polar surface area (TPSA) is 66.4 Å². The van der Waals surface area contributed by atoms with E-state index in [9.17, 15) is 14.0 Å². The molecule has 1 amide bonds. The Hall–Kier alpha value is -1.91. The largest absolute Gasteiger partial charge is 0.480 e. The maximum atomic E-state index is 13.1. The van der Waals surface area contributed by atoms with Crippen LogP contribution in [0.2, 0.25) is 0 Å². The number of carbonyl (C=O) groups is 2. The molecule has 1 unspecified atom stereocenters. The predicted octanol–water partition coefficient (Wildman–Crippen LogP) is 2.54. The third-order valence-corrected chi connectivity index (χ3v) is 3.06. The summed E-state index contributed by atoms with van der Waals surface area (Å²) < 4.78 is 13.1. The van der Waals surface area contributed by atoms with Gasteiger partial charge >= 0.3 is 5.97 Å². The molecule has 0 saturated heterocycles. The molecule has 0 spiro atoms. The maximum Gasteiger partial charge on any atom is 0.326 e. The monoisotopic (exact) mass is 281 g/mol. The van der Waals surface area contributed by atoms with Crippen LogP contribution in [0.1, 0.15) is 38.7 Å². The summed E-state index contributed by atoms with van der Waals surface area (Å²) in [5, 5.41) is 11.6. The molecule has 110 valence electrons. The van der Waals surface area contributed by atoms with Crippen molar-refractivity contribution in [3.8, 4) is 0 Å². The standard InChI is InChI=1S/C15H20FNO3/c1-9(2)7-13(15(19)20)17-14(18)10(3)11-5-4-6-12(16)8-11/h4-6,8-10,13H,7H2,1-3H3,(H,17,18)(H,19,20)/t10?,13-/m0/s1. The zero-order valence-electron chi connectivity index (χ0n) is 11.9. The fourth-order valence-corrected chi connectivity index (χ4v) is 1.92. The molecule has 0 bridgehead atoms. The minimum absolute atomic E-state index is 0.154. The Morgan fingerprint density at radius 3 is 2.45 bits per heavy atom. The average Bonchev–Trinajstić information content (AvgIpc) is 2.36. The van der Waals surface area contributed by atoms with Gasteiger partial charge in [0.1, 0.15) is 11.9 Å². The second-order valence-electron chi connectivity index (χ2n) is 5.31. The predicted molar refractivity (Wildman–Crippen MR) is 73.8 cm³/mol. The first-order valence-corrected chi connectivity index (χ1v) is 6.60. The lowest BCUT2D eigenvalue weighted by molar-refractivity contribution is -0.142. The highest BCUT2D eigenvalue weighted by atomic mass is 19.1. The number of carboxylic acid groups (broad SMARTS) is 1. The van der Waals surface area contributed by atoms with E-state index in [1.807, 2.05) is 13.8 Å². The summed E-state index contributed by atoms with van der Waals surface area (Å²) >= 11 is 0. The molecule has 1 rings (SSSR count). The number of nitrogens with one attached hydrogen (secondary N) is 1. The molecule has 0 aromatic heterocycles. The molecule has 0 heterocycles. The normalized spacial score (nSPS) is 13.8. The van der Waals surface area contributed by atoms with Crippen LogP contribution in [0.5, 0.6) is 0 Å². The number of halogens is 1. The van der Waals surface area contributed by atoms with E-state index >= 15 is 0 Å². The van der Waals surface area contributed by atoms with Gasteiger partial charge in [-0.3, -0.25) is 4.79 Å². The van der Waals surface area contributed by atoms with Crippen LogP contribution in [-0.2, 0) is 9.59 Å². The second kappa shape index (κ2) is 7.03. The third-order valence-electron chi connectivity index (χ3n) is 3.06. The van der Waals surface area contributed by atoms with Crippen LogP contribution < -0.4 is 5.32 Å². The van der Waals surface area contributed by atoms with Gasteiger partial charge in [0.05, 0.1) is 5.92 Å². The van der Waals surface area contributed by atoms with Gasteiger partial charge in [0, 0.05) is 0 Å². The minimum atomic E-state index is -1.06. The van der Waals surface area contributed by atoms with E-state index in [1.165, 1.54) is 18.2 Å². The van der Waals surface area contributed by atoms with Crippen LogP contribution in [0.4, 0.5) is 4.39 Å². The summed E-state index contributed by atoms with van der Waals surface area (Å²) in [6, 6.07) is 4.83. The van der Waals surface area contributed by atoms with Gasteiger partial charge in [-0.15, -0.1) is 0 Å². The minimum Gasteiger partial charge on any atom is -0.480 e. The average molecular weight is 281 g/mol. The van der Waals surface area contributed by atoms with Gasteiger partial charge in [0.25, 0.3) is 0 Å². The van der Waals surface area contributed by atoms with Crippen molar-refractivity contribution in [1.82, 2.24) is 5.32 Å². The Labute approximate surface area is 118 Å². The molecule has 0 fully saturated rings. The highest BCUT2D eigenvalue weighted by molar-refractivity contribution is 5.87. The molecule has 0 saturated carbocycles. The van der Waals surface area contributed by atoms with Crippen molar-refractivity contribution in [1.29, 1.82) is 0 Å². The van der Waals surface area contributed by atoms with Crippen LogP contribution >= 0.6 is 0 Å². The number of aliphatic carboxylic acids is 1. The zero-order chi connectivity index (χ0) is 15.3. The molecule has 2 N–H and O–H groups in total. The van der Waals surface area contributed by atoms with Crippen LogP contribution in [-0.4, -0.2) is 23.0 Å². The lowest BCUT2D eigenvalue weighted by Crippen LogP contribution is -2.43. The fraction of sp³-hybridized carbons (Fsp3) is 0.467. The highest BCUT2D eigenvalue weighted by Crippen LogP contribution is 2.17. The number of hydrogen-bond acceptors (Lipinski definition) is 2. The van der Waals surface area contributed by atoms with E-state index < -0.39 is 29.7 Å². The zero-order valence-corrected chi connectivity index (χ0v) is 11.9. The Bertz CT molecular complexity index is 488. The van der Waals surface area contributed by atoms with Gasteiger partial charge in [-0.25, -0.2) is 9.18 Å². The summed E-state index contributed by atoms with van der Waals surface area (Å²) in [6.45, 7) is 5.40. The van der Waals surface area contributed by atoms with Crippen LogP contribution in [0.15, 0.2) is 24.3 Å². The number of carbonyl (C=O) groups excluding carboxylic acids is 1. The molecule has 1 aromatic carbocycles. The first-order chi connectivity index (χ1) is 9.31. The molecule has 2 atom stereocenters. The molecule has 0 aliphatic carbocycles. The summed E-state index contributed by atoms with van der Waals surface area (Å²) in [5.74, 6) is -2.33. The highest BCUT2D eigenvalue weighted by Gasteiger charge is 2.24. The number of carboxylic acids is 1. The van der Waals surface area contributed by atoms with E-state index in [0.29, 0.717) is 12.0 Å². The Kier molecular flexibility index (Phi) is 5.67. The first kappa shape index (κ1) is 16.1. The molecule has 20 heavy (non-hydrogen) atoms. The van der Waals surface area contributed by atoms with Crippen molar-refractivity contribution in [3.05, 3.63) is 35.6 Å².